The average Bonchev–Trinajstić information content (AvgIpc) is 3.62. The molecule has 1 amide bonds. The number of carbonyl (C=O) groups is 1. The molecule has 3 aliphatic rings. The van der Waals surface area contributed by atoms with E-state index in [1.165, 1.54) is 12.7 Å². The SMILES string of the molecule is CC1(O)CCN(c2nc(C(=O)Nc3cc4oc(N5CCOCC5)nc4nc3N3CCCCC3)co2)C1. The Morgan fingerprint density at radius 3 is 2.56 bits per heavy atom. The van der Waals surface area contributed by atoms with Gasteiger partial charge in [0.05, 0.1) is 31.0 Å². The highest BCUT2D eigenvalue weighted by atomic mass is 16.5. The summed E-state index contributed by atoms with van der Waals surface area (Å²) < 4.78 is 17.0. The van der Waals surface area contributed by atoms with Gasteiger partial charge >= 0.3 is 0 Å². The number of fused-ring (bicyclic) bond motifs is 1. The number of carbonyl (C=O) groups excluding carboxylic acids is 1. The van der Waals surface area contributed by atoms with Crippen molar-refractivity contribution >= 4 is 40.7 Å². The van der Waals surface area contributed by atoms with Gasteiger partial charge in [-0.2, -0.15) is 9.97 Å². The minimum absolute atomic E-state index is 0.160. The van der Waals surface area contributed by atoms with Gasteiger partial charge in [-0.25, -0.2) is 4.98 Å². The van der Waals surface area contributed by atoms with Crippen LogP contribution >= 0.6 is 0 Å². The number of β-amino-alcohol motifs (C(OH)–C–C–N with tert-alkyl or cyclic N) is 1. The van der Waals surface area contributed by atoms with E-state index >= 15 is 0 Å². The van der Waals surface area contributed by atoms with Crippen LogP contribution in [0.2, 0.25) is 0 Å². The molecule has 0 aromatic carbocycles. The van der Waals surface area contributed by atoms with Gasteiger partial charge in [0.2, 0.25) is 5.65 Å². The molecule has 3 saturated heterocycles. The molecule has 12 nitrogen and oxygen atoms in total. The van der Waals surface area contributed by atoms with Crippen LogP contribution in [0, 0.1) is 0 Å². The number of ether oxygens (including phenoxy) is 1. The first-order chi connectivity index (χ1) is 17.4. The Morgan fingerprint density at radius 1 is 1.00 bits per heavy atom. The number of nitrogens with zero attached hydrogens (tertiary/aromatic N) is 6. The first-order valence-corrected chi connectivity index (χ1v) is 12.6. The molecule has 3 fully saturated rings. The Labute approximate surface area is 208 Å². The zero-order valence-corrected chi connectivity index (χ0v) is 20.4. The molecule has 3 aromatic heterocycles. The Kier molecular flexibility index (Phi) is 5.92. The number of nitrogens with one attached hydrogen (secondary N) is 1. The van der Waals surface area contributed by atoms with Gasteiger partial charge < -0.3 is 38.7 Å². The van der Waals surface area contributed by atoms with Crippen LogP contribution in [0.15, 0.2) is 21.2 Å². The molecule has 192 valence electrons. The van der Waals surface area contributed by atoms with Crippen molar-refractivity contribution in [1.29, 1.82) is 0 Å². The summed E-state index contributed by atoms with van der Waals surface area (Å²) in [6.45, 7) is 7.19. The lowest BCUT2D eigenvalue weighted by molar-refractivity contribution is 0.0836. The Balaban J connectivity index is 1.28. The summed E-state index contributed by atoms with van der Waals surface area (Å²) in [6, 6.07) is 2.63. The van der Waals surface area contributed by atoms with Crippen LogP contribution in [0.3, 0.4) is 0 Å². The molecule has 0 saturated carbocycles. The first-order valence-electron chi connectivity index (χ1n) is 12.6. The summed E-state index contributed by atoms with van der Waals surface area (Å²) in [5.41, 5.74) is 0.937. The average molecular weight is 498 g/mol. The maximum absolute atomic E-state index is 13.2. The number of amides is 1. The summed E-state index contributed by atoms with van der Waals surface area (Å²) in [6.07, 6.45) is 5.27. The summed E-state index contributed by atoms with van der Waals surface area (Å²) in [5.74, 6) is 0.278. The van der Waals surface area contributed by atoms with Gasteiger partial charge in [0.1, 0.15) is 6.26 Å². The zero-order valence-electron chi connectivity index (χ0n) is 20.4. The molecule has 0 radical (unpaired) electrons. The minimum Gasteiger partial charge on any atom is -0.431 e. The van der Waals surface area contributed by atoms with Gasteiger partial charge in [0.15, 0.2) is 17.1 Å². The van der Waals surface area contributed by atoms with Gasteiger partial charge in [0, 0.05) is 38.8 Å². The van der Waals surface area contributed by atoms with Crippen molar-refractivity contribution in [2.75, 3.05) is 72.5 Å². The summed E-state index contributed by atoms with van der Waals surface area (Å²) in [7, 11) is 0. The normalized spacial score (nSPS) is 23.0. The van der Waals surface area contributed by atoms with Crippen LogP contribution in [0.4, 0.5) is 23.5 Å². The lowest BCUT2D eigenvalue weighted by Gasteiger charge is -2.29. The van der Waals surface area contributed by atoms with E-state index in [4.69, 9.17) is 18.6 Å². The summed E-state index contributed by atoms with van der Waals surface area (Å²) in [4.78, 5) is 33.1. The molecule has 0 spiro atoms. The van der Waals surface area contributed by atoms with Gasteiger partial charge in [-0.05, 0) is 32.6 Å². The van der Waals surface area contributed by atoms with E-state index in [1.54, 1.807) is 13.0 Å². The Morgan fingerprint density at radius 2 is 1.81 bits per heavy atom. The fraction of sp³-hybridized carbons (Fsp3) is 0.583. The first kappa shape index (κ1) is 23.0. The lowest BCUT2D eigenvalue weighted by Crippen LogP contribution is -2.36. The number of pyridine rings is 1. The summed E-state index contributed by atoms with van der Waals surface area (Å²) in [5, 5.41) is 13.2. The number of piperidine rings is 1. The van der Waals surface area contributed by atoms with E-state index in [-0.39, 0.29) is 5.69 Å². The van der Waals surface area contributed by atoms with Crippen molar-refractivity contribution in [3.05, 3.63) is 18.0 Å². The molecule has 36 heavy (non-hydrogen) atoms. The number of hydrogen-bond donors (Lipinski definition) is 2. The second-order valence-corrected chi connectivity index (χ2v) is 9.96. The monoisotopic (exact) mass is 497 g/mol. The molecule has 3 aromatic rings. The van der Waals surface area contributed by atoms with E-state index in [9.17, 15) is 9.90 Å². The second kappa shape index (κ2) is 9.25. The standard InChI is InChI=1S/C24H31N7O5/c1-24(33)5-8-31(15-24)22-26-17(14-35-22)21(32)25-16-13-18-19(27-20(16)29-6-3-2-4-7-29)28-23(36-18)30-9-11-34-12-10-30/h13-14,33H,2-12,15H2,1H3,(H,25,32). The highest BCUT2D eigenvalue weighted by molar-refractivity contribution is 6.05. The van der Waals surface area contributed by atoms with E-state index in [1.807, 2.05) is 9.80 Å². The quantitative estimate of drug-likeness (QED) is 0.538. The molecule has 6 rings (SSSR count). The van der Waals surface area contributed by atoms with Crippen molar-refractivity contribution in [3.63, 3.8) is 0 Å². The van der Waals surface area contributed by atoms with Gasteiger partial charge in [-0.3, -0.25) is 4.79 Å². The smallest absolute Gasteiger partial charge is 0.300 e. The molecule has 0 aliphatic carbocycles. The molecular weight excluding hydrogens is 466 g/mol. The number of aromatic nitrogens is 3. The Bertz CT molecular complexity index is 1240. The number of morpholine rings is 1. The van der Waals surface area contributed by atoms with E-state index in [0.29, 0.717) is 80.6 Å². The Hall–Kier alpha value is -3.38. The van der Waals surface area contributed by atoms with E-state index in [2.05, 4.69) is 20.2 Å². The van der Waals surface area contributed by atoms with Crippen LogP contribution in [0.25, 0.3) is 11.2 Å². The third-order valence-corrected chi connectivity index (χ3v) is 6.98. The van der Waals surface area contributed by atoms with Crippen LogP contribution < -0.4 is 20.0 Å². The molecule has 0 bridgehead atoms. The van der Waals surface area contributed by atoms with Gasteiger partial charge in [-0.15, -0.1) is 0 Å². The number of anilines is 4. The van der Waals surface area contributed by atoms with Crippen molar-refractivity contribution in [1.82, 2.24) is 15.0 Å². The maximum Gasteiger partial charge on any atom is 0.300 e. The van der Waals surface area contributed by atoms with Crippen molar-refractivity contribution in [2.45, 2.75) is 38.2 Å². The van der Waals surface area contributed by atoms with Crippen LogP contribution in [0.5, 0.6) is 0 Å². The third kappa shape index (κ3) is 4.58. The van der Waals surface area contributed by atoms with Crippen molar-refractivity contribution < 1.29 is 23.5 Å². The molecule has 1 unspecified atom stereocenters. The van der Waals surface area contributed by atoms with Crippen molar-refractivity contribution in [2.24, 2.45) is 0 Å². The number of rotatable bonds is 5. The van der Waals surface area contributed by atoms with Crippen LogP contribution in [0.1, 0.15) is 43.1 Å². The largest absolute Gasteiger partial charge is 0.431 e. The zero-order chi connectivity index (χ0) is 24.7. The maximum atomic E-state index is 13.2. The molecule has 3 aliphatic heterocycles. The molecular formula is C24H31N7O5. The topological polar surface area (TPSA) is 133 Å². The number of aliphatic hydroxyl groups is 1. The highest BCUT2D eigenvalue weighted by Gasteiger charge is 2.34. The predicted octanol–water partition coefficient (Wildman–Crippen LogP) is 2.25. The molecule has 1 atom stereocenters. The molecule has 12 heteroatoms. The predicted molar refractivity (Wildman–Crippen MR) is 133 cm³/mol. The number of oxazole rings is 2. The second-order valence-electron chi connectivity index (χ2n) is 9.96. The summed E-state index contributed by atoms with van der Waals surface area (Å²) >= 11 is 0. The third-order valence-electron chi connectivity index (χ3n) is 6.98. The van der Waals surface area contributed by atoms with Crippen LogP contribution in [-0.2, 0) is 4.74 Å². The molecule has 6 heterocycles. The fourth-order valence-corrected chi connectivity index (χ4v) is 4.98. The van der Waals surface area contributed by atoms with Gasteiger partial charge in [-0.1, -0.05) is 0 Å². The fourth-order valence-electron chi connectivity index (χ4n) is 4.98. The van der Waals surface area contributed by atoms with E-state index < -0.39 is 11.5 Å². The minimum atomic E-state index is -0.793. The molecule has 2 N–H and O–H groups in total. The highest BCUT2D eigenvalue weighted by Crippen LogP contribution is 2.33. The van der Waals surface area contributed by atoms with Crippen LogP contribution in [-0.4, -0.2) is 84.0 Å². The lowest BCUT2D eigenvalue weighted by atomic mass is 10.1. The number of hydrogen-bond acceptors (Lipinski definition) is 11. The van der Waals surface area contributed by atoms with Gasteiger partial charge in [0.25, 0.3) is 17.9 Å². The van der Waals surface area contributed by atoms with E-state index in [0.717, 1.165) is 25.9 Å². The van der Waals surface area contributed by atoms with Crippen molar-refractivity contribution in [3.8, 4) is 0 Å².